The number of halogens is 3. The van der Waals surface area contributed by atoms with Crippen LogP contribution >= 0.6 is 0 Å². The van der Waals surface area contributed by atoms with E-state index >= 15 is 0 Å². The van der Waals surface area contributed by atoms with Gasteiger partial charge in [-0.25, -0.2) is 8.78 Å². The van der Waals surface area contributed by atoms with Gasteiger partial charge < -0.3 is 15.0 Å². The summed E-state index contributed by atoms with van der Waals surface area (Å²) >= 11 is 0. The van der Waals surface area contributed by atoms with Crippen LogP contribution in [-0.4, -0.2) is 36.5 Å². The number of amides is 1. The zero-order valence-electron chi connectivity index (χ0n) is 23.0. The molecule has 210 valence electrons. The van der Waals surface area contributed by atoms with E-state index in [0.29, 0.717) is 38.5 Å². The van der Waals surface area contributed by atoms with Crippen molar-refractivity contribution in [3.63, 3.8) is 0 Å². The van der Waals surface area contributed by atoms with Gasteiger partial charge >= 0.3 is 0 Å². The molecule has 1 amide bonds. The highest BCUT2D eigenvalue weighted by atomic mass is 19.2. The molecule has 1 fully saturated rings. The first kappa shape index (κ1) is 28.0. The second kappa shape index (κ2) is 12.3. The van der Waals surface area contributed by atoms with E-state index in [4.69, 9.17) is 4.74 Å². The van der Waals surface area contributed by atoms with E-state index < -0.39 is 23.2 Å². The molecule has 1 aliphatic heterocycles. The van der Waals surface area contributed by atoms with Crippen LogP contribution in [0.25, 0.3) is 5.57 Å². The zero-order valence-corrected chi connectivity index (χ0v) is 23.0. The Balaban J connectivity index is 1.23. The van der Waals surface area contributed by atoms with Crippen molar-refractivity contribution < 1.29 is 22.7 Å². The summed E-state index contributed by atoms with van der Waals surface area (Å²) in [6, 6.07) is 16.3. The number of hydrogen-bond donors (Lipinski definition) is 1. The van der Waals surface area contributed by atoms with Gasteiger partial charge in [-0.15, -0.1) is 0 Å². The van der Waals surface area contributed by atoms with Crippen molar-refractivity contribution in [2.24, 2.45) is 5.92 Å². The average molecular weight is 549 g/mol. The average Bonchev–Trinajstić information content (AvgIpc) is 3.81. The molecule has 1 unspecified atom stereocenters. The Morgan fingerprint density at radius 1 is 1.00 bits per heavy atom. The number of aryl methyl sites for hydroxylation is 2. The minimum Gasteiger partial charge on any atom is -0.488 e. The summed E-state index contributed by atoms with van der Waals surface area (Å²) in [5, 5.41) is 3.37. The van der Waals surface area contributed by atoms with Crippen LogP contribution in [-0.2, 0) is 17.8 Å². The van der Waals surface area contributed by atoms with E-state index in [-0.39, 0.29) is 18.4 Å². The first-order valence-electron chi connectivity index (χ1n) is 14.0. The monoisotopic (exact) mass is 548 g/mol. The number of benzene rings is 3. The summed E-state index contributed by atoms with van der Waals surface area (Å²) < 4.78 is 46.1. The lowest BCUT2D eigenvalue weighted by Gasteiger charge is -2.32. The fourth-order valence-corrected chi connectivity index (χ4v) is 5.30. The van der Waals surface area contributed by atoms with Crippen LogP contribution < -0.4 is 10.1 Å². The van der Waals surface area contributed by atoms with Gasteiger partial charge in [0.2, 0.25) is 11.7 Å². The van der Waals surface area contributed by atoms with Gasteiger partial charge in [-0.05, 0) is 85.1 Å². The third-order valence-corrected chi connectivity index (χ3v) is 7.96. The van der Waals surface area contributed by atoms with Gasteiger partial charge in [-0.1, -0.05) is 48.5 Å². The van der Waals surface area contributed by atoms with Gasteiger partial charge in [0.15, 0.2) is 17.4 Å². The smallest absolute Gasteiger partial charge is 0.231 e. The molecule has 0 bridgehead atoms. The van der Waals surface area contributed by atoms with Crippen molar-refractivity contribution in [1.82, 2.24) is 10.2 Å². The summed E-state index contributed by atoms with van der Waals surface area (Å²) in [6.45, 7) is 6.24. The molecule has 1 heterocycles. The van der Waals surface area contributed by atoms with Gasteiger partial charge in [0, 0.05) is 25.7 Å². The second-order valence-corrected chi connectivity index (χ2v) is 10.7. The maximum absolute atomic E-state index is 13.9. The maximum Gasteiger partial charge on any atom is 0.231 e. The molecule has 4 nitrogen and oxygen atoms in total. The van der Waals surface area contributed by atoms with Gasteiger partial charge in [0.25, 0.3) is 0 Å². The zero-order chi connectivity index (χ0) is 28.2. The number of nitrogens with zero attached hydrogens (tertiary/aromatic N) is 1. The van der Waals surface area contributed by atoms with Crippen LogP contribution in [0.2, 0.25) is 0 Å². The lowest BCUT2D eigenvalue weighted by Crippen LogP contribution is -2.43. The molecule has 1 aliphatic carbocycles. The third kappa shape index (κ3) is 6.25. The van der Waals surface area contributed by atoms with Gasteiger partial charge in [-0.3, -0.25) is 4.79 Å². The SMILES string of the molecule is Cc1cccc(CN(C(=O)C2CNCC=C2c2ccc(CCCOc3c(F)ccc(F)c3F)cc2)C2CC2)c1C. The van der Waals surface area contributed by atoms with Crippen molar-refractivity contribution in [2.75, 3.05) is 19.7 Å². The van der Waals surface area contributed by atoms with E-state index in [1.807, 2.05) is 24.3 Å². The lowest BCUT2D eigenvalue weighted by atomic mass is 9.87. The fraction of sp³-hybridized carbons (Fsp3) is 0.364. The van der Waals surface area contributed by atoms with Crippen LogP contribution in [0, 0.1) is 37.2 Å². The molecule has 0 saturated heterocycles. The summed E-state index contributed by atoms with van der Waals surface area (Å²) in [5.74, 6) is -4.13. The Bertz CT molecular complexity index is 1400. The molecule has 1 saturated carbocycles. The topological polar surface area (TPSA) is 41.6 Å². The van der Waals surface area contributed by atoms with Crippen LogP contribution in [0.3, 0.4) is 0 Å². The highest BCUT2D eigenvalue weighted by Crippen LogP contribution is 2.34. The first-order valence-corrected chi connectivity index (χ1v) is 14.0. The Hall–Kier alpha value is -3.58. The van der Waals surface area contributed by atoms with Crippen molar-refractivity contribution >= 4 is 11.5 Å². The van der Waals surface area contributed by atoms with Crippen molar-refractivity contribution in [1.29, 1.82) is 0 Å². The number of carbonyl (C=O) groups excluding carboxylic acids is 1. The summed E-state index contributed by atoms with van der Waals surface area (Å²) in [7, 11) is 0. The second-order valence-electron chi connectivity index (χ2n) is 10.7. The van der Waals surface area contributed by atoms with Crippen LogP contribution in [0.5, 0.6) is 5.75 Å². The summed E-state index contributed by atoms with van der Waals surface area (Å²) in [4.78, 5) is 16.0. The predicted octanol–water partition coefficient (Wildman–Crippen LogP) is 6.53. The van der Waals surface area contributed by atoms with Crippen LogP contribution in [0.4, 0.5) is 13.2 Å². The van der Waals surface area contributed by atoms with Gasteiger partial charge in [0.1, 0.15) is 0 Å². The molecule has 1 N–H and O–H groups in total. The third-order valence-electron chi connectivity index (χ3n) is 7.96. The number of ether oxygens (including phenoxy) is 1. The Morgan fingerprint density at radius 3 is 2.50 bits per heavy atom. The van der Waals surface area contributed by atoms with Crippen molar-refractivity contribution in [3.05, 3.63) is 106 Å². The molecule has 0 radical (unpaired) electrons. The van der Waals surface area contributed by atoms with Gasteiger partial charge in [0.05, 0.1) is 12.5 Å². The Labute approximate surface area is 233 Å². The van der Waals surface area contributed by atoms with E-state index in [2.05, 4.69) is 48.3 Å². The van der Waals surface area contributed by atoms with Crippen LogP contribution in [0.1, 0.15) is 47.1 Å². The normalized spacial score (nSPS) is 16.9. The van der Waals surface area contributed by atoms with E-state index in [9.17, 15) is 18.0 Å². The van der Waals surface area contributed by atoms with E-state index in [1.165, 1.54) is 16.7 Å². The molecule has 0 spiro atoms. The van der Waals surface area contributed by atoms with E-state index in [1.54, 1.807) is 0 Å². The van der Waals surface area contributed by atoms with E-state index in [0.717, 1.165) is 41.7 Å². The Morgan fingerprint density at radius 2 is 1.75 bits per heavy atom. The number of nitrogens with one attached hydrogen (secondary N) is 1. The molecule has 0 aromatic heterocycles. The van der Waals surface area contributed by atoms with Crippen molar-refractivity contribution in [3.8, 4) is 5.75 Å². The maximum atomic E-state index is 13.9. The van der Waals surface area contributed by atoms with Crippen LogP contribution in [0.15, 0.2) is 60.7 Å². The lowest BCUT2D eigenvalue weighted by molar-refractivity contribution is -0.134. The summed E-state index contributed by atoms with van der Waals surface area (Å²) in [6.07, 6.45) is 5.35. The molecular formula is C33H35F3N2O2. The molecule has 3 aromatic carbocycles. The molecule has 3 aromatic rings. The molecule has 1 atom stereocenters. The standard InChI is InChI=1S/C33H35F3N2O2/c1-21-5-3-7-25(22(21)2)20-38(26-12-13-26)33(39)28-19-37-17-16-27(28)24-10-8-23(9-11-24)6-4-18-40-32-30(35)15-14-29(34)31(32)36/h3,5,7-11,14-16,26,28,37H,4,6,12-13,17-20H2,1-2H3. The minimum atomic E-state index is -1.31. The Kier molecular flexibility index (Phi) is 8.60. The predicted molar refractivity (Wildman–Crippen MR) is 150 cm³/mol. The number of carbonyl (C=O) groups is 1. The number of hydrogen-bond acceptors (Lipinski definition) is 3. The van der Waals surface area contributed by atoms with Crippen molar-refractivity contribution in [2.45, 2.75) is 52.1 Å². The molecular weight excluding hydrogens is 513 g/mol. The highest BCUT2D eigenvalue weighted by molar-refractivity contribution is 5.93. The molecule has 40 heavy (non-hydrogen) atoms. The minimum absolute atomic E-state index is 0.0594. The summed E-state index contributed by atoms with van der Waals surface area (Å²) in [5.41, 5.74) is 6.78. The largest absolute Gasteiger partial charge is 0.488 e. The van der Waals surface area contributed by atoms with Gasteiger partial charge in [-0.2, -0.15) is 4.39 Å². The quantitative estimate of drug-likeness (QED) is 0.232. The highest BCUT2D eigenvalue weighted by Gasteiger charge is 2.38. The molecule has 5 rings (SSSR count). The fourth-order valence-electron chi connectivity index (χ4n) is 5.30. The first-order chi connectivity index (χ1) is 19.3. The molecule has 7 heteroatoms. The number of rotatable bonds is 10. The molecule has 2 aliphatic rings.